The molecule has 0 aliphatic heterocycles. The third-order valence-electron chi connectivity index (χ3n) is 4.06. The molecule has 1 amide bonds. The Bertz CT molecular complexity index is 1130. The van der Waals surface area contributed by atoms with Crippen molar-refractivity contribution in [1.29, 1.82) is 0 Å². The maximum Gasteiger partial charge on any atom is 0.293 e. The summed E-state index contributed by atoms with van der Waals surface area (Å²) in [5.74, 6) is 0.876. The molecule has 9 nitrogen and oxygen atoms in total. The van der Waals surface area contributed by atoms with Gasteiger partial charge >= 0.3 is 0 Å². The Morgan fingerprint density at radius 3 is 2.89 bits per heavy atom. The SMILES string of the molecule is COc1ccc(C)cc1-n1nnc(-c2nsc(NC(=O)c3ccco3)n2)c1C. The second-order valence-corrected chi connectivity index (χ2v) is 6.72. The van der Waals surface area contributed by atoms with E-state index in [0.717, 1.165) is 28.5 Å². The highest BCUT2D eigenvalue weighted by Crippen LogP contribution is 2.28. The molecular weight excluding hydrogens is 380 g/mol. The van der Waals surface area contributed by atoms with Gasteiger partial charge in [0.25, 0.3) is 5.91 Å². The number of carbonyl (C=O) groups excluding carboxylic acids is 1. The molecular formula is C18H16N6O3S. The quantitative estimate of drug-likeness (QED) is 0.551. The number of aryl methyl sites for hydroxylation is 1. The summed E-state index contributed by atoms with van der Waals surface area (Å²) in [7, 11) is 1.61. The van der Waals surface area contributed by atoms with Crippen LogP contribution in [0.2, 0.25) is 0 Å². The summed E-state index contributed by atoms with van der Waals surface area (Å²) in [5, 5.41) is 11.5. The molecule has 0 atom stereocenters. The minimum Gasteiger partial charge on any atom is -0.494 e. The summed E-state index contributed by atoms with van der Waals surface area (Å²) in [4.78, 5) is 16.4. The van der Waals surface area contributed by atoms with Crippen molar-refractivity contribution in [2.24, 2.45) is 0 Å². The van der Waals surface area contributed by atoms with Crippen molar-refractivity contribution in [1.82, 2.24) is 24.4 Å². The average molecular weight is 396 g/mol. The Morgan fingerprint density at radius 1 is 1.29 bits per heavy atom. The van der Waals surface area contributed by atoms with E-state index in [4.69, 9.17) is 9.15 Å². The van der Waals surface area contributed by atoms with Gasteiger partial charge in [-0.2, -0.15) is 9.36 Å². The standard InChI is InChI=1S/C18H16N6O3S/c1-10-6-7-13(26-3)12(9-10)24-11(2)15(21-23-24)16-19-18(28-22-16)20-17(25)14-5-4-8-27-14/h4-9H,1-3H3,(H,19,20,22,25). The number of hydrogen-bond donors (Lipinski definition) is 1. The number of carbonyl (C=O) groups is 1. The van der Waals surface area contributed by atoms with Crippen LogP contribution in [0.15, 0.2) is 41.0 Å². The van der Waals surface area contributed by atoms with E-state index in [1.165, 1.54) is 6.26 Å². The number of rotatable bonds is 5. The maximum absolute atomic E-state index is 12.1. The topological polar surface area (TPSA) is 108 Å². The second kappa shape index (κ2) is 7.24. The molecule has 0 bridgehead atoms. The lowest BCUT2D eigenvalue weighted by Crippen LogP contribution is -2.10. The van der Waals surface area contributed by atoms with Crippen LogP contribution in [0.25, 0.3) is 17.2 Å². The first kappa shape index (κ1) is 17.9. The fraction of sp³-hybridized carbons (Fsp3) is 0.167. The van der Waals surface area contributed by atoms with E-state index in [9.17, 15) is 4.79 Å². The van der Waals surface area contributed by atoms with E-state index >= 15 is 0 Å². The van der Waals surface area contributed by atoms with Gasteiger partial charge in [0.2, 0.25) is 5.13 Å². The van der Waals surface area contributed by atoms with Crippen LogP contribution in [0.3, 0.4) is 0 Å². The zero-order valence-corrected chi connectivity index (χ0v) is 16.1. The molecule has 1 N–H and O–H groups in total. The van der Waals surface area contributed by atoms with E-state index in [2.05, 4.69) is 25.0 Å². The molecule has 142 valence electrons. The Balaban J connectivity index is 1.63. The zero-order chi connectivity index (χ0) is 19.7. The molecule has 3 heterocycles. The highest BCUT2D eigenvalue weighted by molar-refractivity contribution is 7.10. The van der Waals surface area contributed by atoms with Crippen molar-refractivity contribution < 1.29 is 13.9 Å². The summed E-state index contributed by atoms with van der Waals surface area (Å²) in [6.45, 7) is 3.87. The fourth-order valence-electron chi connectivity index (χ4n) is 2.67. The van der Waals surface area contributed by atoms with Gasteiger partial charge in [-0.3, -0.25) is 10.1 Å². The van der Waals surface area contributed by atoms with Crippen LogP contribution in [0.4, 0.5) is 5.13 Å². The molecule has 10 heteroatoms. The van der Waals surface area contributed by atoms with Crippen molar-refractivity contribution in [3.05, 3.63) is 53.6 Å². The van der Waals surface area contributed by atoms with Crippen LogP contribution in [0.1, 0.15) is 21.8 Å². The van der Waals surface area contributed by atoms with Gasteiger partial charge in [-0.25, -0.2) is 4.68 Å². The number of nitrogens with zero attached hydrogens (tertiary/aromatic N) is 5. The molecule has 0 saturated heterocycles. The summed E-state index contributed by atoms with van der Waals surface area (Å²) in [5.41, 5.74) is 3.13. The third kappa shape index (κ3) is 3.25. The smallest absolute Gasteiger partial charge is 0.293 e. The molecule has 4 aromatic rings. The van der Waals surface area contributed by atoms with Crippen molar-refractivity contribution in [2.75, 3.05) is 12.4 Å². The lowest BCUT2D eigenvalue weighted by atomic mass is 10.2. The van der Waals surface area contributed by atoms with Crippen LogP contribution < -0.4 is 10.1 Å². The second-order valence-electron chi connectivity index (χ2n) is 5.97. The predicted octanol–water partition coefficient (Wildman–Crippen LogP) is 3.26. The minimum absolute atomic E-state index is 0.199. The van der Waals surface area contributed by atoms with Crippen LogP contribution in [-0.4, -0.2) is 37.4 Å². The van der Waals surface area contributed by atoms with Gasteiger partial charge in [-0.05, 0) is 43.7 Å². The largest absolute Gasteiger partial charge is 0.494 e. The first-order chi connectivity index (χ1) is 13.6. The first-order valence-corrected chi connectivity index (χ1v) is 9.10. The van der Waals surface area contributed by atoms with Crippen molar-refractivity contribution in [3.8, 4) is 23.0 Å². The molecule has 0 unspecified atom stereocenters. The number of nitrogens with one attached hydrogen (secondary N) is 1. The maximum atomic E-state index is 12.1. The highest BCUT2D eigenvalue weighted by atomic mass is 32.1. The van der Waals surface area contributed by atoms with Gasteiger partial charge in [-0.1, -0.05) is 11.3 Å². The average Bonchev–Trinajstić information content (AvgIpc) is 3.42. The lowest BCUT2D eigenvalue weighted by Gasteiger charge is -2.10. The Morgan fingerprint density at radius 2 is 2.14 bits per heavy atom. The Hall–Kier alpha value is -3.53. The zero-order valence-electron chi connectivity index (χ0n) is 15.3. The van der Waals surface area contributed by atoms with Crippen LogP contribution >= 0.6 is 11.5 Å². The Labute approximate surface area is 164 Å². The van der Waals surface area contributed by atoms with Crippen molar-refractivity contribution in [2.45, 2.75) is 13.8 Å². The molecule has 0 spiro atoms. The first-order valence-electron chi connectivity index (χ1n) is 8.33. The van der Waals surface area contributed by atoms with Gasteiger partial charge < -0.3 is 9.15 Å². The van der Waals surface area contributed by atoms with Crippen LogP contribution in [-0.2, 0) is 0 Å². The van der Waals surface area contributed by atoms with Gasteiger partial charge in [-0.15, -0.1) is 5.10 Å². The van der Waals surface area contributed by atoms with Gasteiger partial charge in [0, 0.05) is 11.5 Å². The number of benzene rings is 1. The van der Waals surface area contributed by atoms with E-state index in [1.807, 2.05) is 32.0 Å². The number of aromatic nitrogens is 5. The van der Waals surface area contributed by atoms with Gasteiger partial charge in [0.15, 0.2) is 17.3 Å². The van der Waals surface area contributed by atoms with Gasteiger partial charge in [0.05, 0.1) is 19.1 Å². The molecule has 0 fully saturated rings. The number of amides is 1. The molecule has 1 aromatic carbocycles. The highest BCUT2D eigenvalue weighted by Gasteiger charge is 2.20. The summed E-state index contributed by atoms with van der Waals surface area (Å²) >= 11 is 1.06. The minimum atomic E-state index is -0.391. The van der Waals surface area contributed by atoms with Crippen molar-refractivity contribution >= 4 is 22.6 Å². The molecule has 0 aliphatic rings. The molecule has 0 saturated carbocycles. The number of furan rings is 1. The number of methoxy groups -OCH3 is 1. The molecule has 0 aliphatic carbocycles. The third-order valence-corrected chi connectivity index (χ3v) is 4.69. The normalized spacial score (nSPS) is 10.8. The number of anilines is 1. The summed E-state index contributed by atoms with van der Waals surface area (Å²) in [6, 6.07) is 9.03. The van der Waals surface area contributed by atoms with Crippen molar-refractivity contribution in [3.63, 3.8) is 0 Å². The predicted molar refractivity (Wildman–Crippen MR) is 103 cm³/mol. The number of hydrogen-bond acceptors (Lipinski definition) is 8. The summed E-state index contributed by atoms with van der Waals surface area (Å²) < 4.78 is 16.5. The van der Waals surface area contributed by atoms with Crippen LogP contribution in [0.5, 0.6) is 5.75 Å². The monoisotopic (exact) mass is 396 g/mol. The van der Waals surface area contributed by atoms with E-state index in [1.54, 1.807) is 23.9 Å². The molecule has 4 rings (SSSR count). The Kier molecular flexibility index (Phi) is 4.62. The van der Waals surface area contributed by atoms with Gasteiger partial charge in [0.1, 0.15) is 11.4 Å². The van der Waals surface area contributed by atoms with Crippen LogP contribution in [0, 0.1) is 13.8 Å². The van der Waals surface area contributed by atoms with E-state index in [-0.39, 0.29) is 5.76 Å². The number of ether oxygens (including phenoxy) is 1. The van der Waals surface area contributed by atoms with E-state index in [0.29, 0.717) is 22.4 Å². The fourth-order valence-corrected chi connectivity index (χ4v) is 3.23. The molecule has 28 heavy (non-hydrogen) atoms. The van der Waals surface area contributed by atoms with E-state index < -0.39 is 5.91 Å². The molecule has 0 radical (unpaired) electrons. The molecule has 3 aromatic heterocycles. The lowest BCUT2D eigenvalue weighted by molar-refractivity contribution is 0.0996. The summed E-state index contributed by atoms with van der Waals surface area (Å²) in [6.07, 6.45) is 1.43.